The van der Waals surface area contributed by atoms with Crippen molar-refractivity contribution in [2.45, 2.75) is 26.2 Å². The summed E-state index contributed by atoms with van der Waals surface area (Å²) in [6.45, 7) is 6.89. The highest BCUT2D eigenvalue weighted by Gasteiger charge is 2.18. The summed E-state index contributed by atoms with van der Waals surface area (Å²) in [4.78, 5) is 1.34. The van der Waals surface area contributed by atoms with E-state index in [0.29, 0.717) is 0 Å². The molecule has 172 valence electrons. The smallest absolute Gasteiger partial charge is 0.0428 e. The molecule has 2 heteroatoms. The molecule has 8 aromatic rings. The summed E-state index contributed by atoms with van der Waals surface area (Å²) in [5, 5.41) is 15.7. The van der Waals surface area contributed by atoms with Crippen molar-refractivity contribution in [3.05, 3.63) is 95.9 Å². The fraction of sp³-hybridized carbons (Fsp3) is 0.118. The molecule has 0 bridgehead atoms. The van der Waals surface area contributed by atoms with Crippen molar-refractivity contribution in [1.82, 2.24) is 0 Å². The van der Waals surface area contributed by atoms with Gasteiger partial charge in [0, 0.05) is 25.0 Å². The molecule has 0 atom stereocenters. The van der Waals surface area contributed by atoms with Crippen molar-refractivity contribution in [3.8, 4) is 10.4 Å². The molecule has 0 aliphatic rings. The molecule has 8 rings (SSSR count). The molecule has 2 heterocycles. The maximum absolute atomic E-state index is 2.39. The Hall–Kier alpha value is -3.46. The standard InChI is InChI=1S/C34H24S2/c1-34(2,3)26-16-22-6-4-20-14-25(15-21-5-7-23(17-26)31(22)30(20)21)29-18-24-9-11-27-28(33(24)36-29)10-8-19-12-13-35-32(19)27/h4-18H,1-3H3. The van der Waals surface area contributed by atoms with Crippen LogP contribution >= 0.6 is 22.7 Å². The first-order valence-corrected chi connectivity index (χ1v) is 14.2. The summed E-state index contributed by atoms with van der Waals surface area (Å²) in [5.74, 6) is 0. The third-order valence-electron chi connectivity index (χ3n) is 7.78. The van der Waals surface area contributed by atoms with E-state index >= 15 is 0 Å². The van der Waals surface area contributed by atoms with E-state index in [0.717, 1.165) is 0 Å². The van der Waals surface area contributed by atoms with Gasteiger partial charge in [-0.25, -0.2) is 0 Å². The zero-order valence-corrected chi connectivity index (χ0v) is 22.1. The van der Waals surface area contributed by atoms with Gasteiger partial charge in [-0.2, -0.15) is 0 Å². The number of hydrogen-bond acceptors (Lipinski definition) is 2. The minimum atomic E-state index is 0.137. The zero-order chi connectivity index (χ0) is 24.2. The van der Waals surface area contributed by atoms with Gasteiger partial charge in [0.15, 0.2) is 0 Å². The number of fused-ring (bicyclic) bond motifs is 5. The summed E-state index contributed by atoms with van der Waals surface area (Å²) in [6.07, 6.45) is 0. The summed E-state index contributed by atoms with van der Waals surface area (Å²) in [6, 6.07) is 32.6. The van der Waals surface area contributed by atoms with Crippen LogP contribution in [0.3, 0.4) is 0 Å². The van der Waals surface area contributed by atoms with Crippen molar-refractivity contribution in [3.63, 3.8) is 0 Å². The van der Waals surface area contributed by atoms with Crippen molar-refractivity contribution >= 4 is 85.9 Å². The van der Waals surface area contributed by atoms with Crippen LogP contribution in [0.2, 0.25) is 0 Å². The van der Waals surface area contributed by atoms with E-state index in [1.807, 2.05) is 22.7 Å². The molecule has 0 fully saturated rings. The molecule has 6 aromatic carbocycles. The van der Waals surface area contributed by atoms with Crippen molar-refractivity contribution in [2.75, 3.05) is 0 Å². The first kappa shape index (κ1) is 20.7. The molecule has 0 amide bonds. The van der Waals surface area contributed by atoms with Crippen LogP contribution in [0, 0.1) is 0 Å². The average molecular weight is 497 g/mol. The highest BCUT2D eigenvalue weighted by molar-refractivity contribution is 7.23. The Bertz CT molecular complexity index is 2060. The summed E-state index contributed by atoms with van der Waals surface area (Å²) in [5.41, 5.74) is 2.84. The summed E-state index contributed by atoms with van der Waals surface area (Å²) >= 11 is 3.76. The van der Waals surface area contributed by atoms with Crippen molar-refractivity contribution < 1.29 is 0 Å². The number of thiophene rings is 2. The van der Waals surface area contributed by atoms with Crippen LogP contribution < -0.4 is 0 Å². The lowest BCUT2D eigenvalue weighted by atomic mass is 9.83. The van der Waals surface area contributed by atoms with Gasteiger partial charge in [0.25, 0.3) is 0 Å². The third kappa shape index (κ3) is 2.86. The third-order valence-corrected chi connectivity index (χ3v) is 9.98. The fourth-order valence-corrected chi connectivity index (χ4v) is 7.99. The van der Waals surface area contributed by atoms with Gasteiger partial charge in [0.05, 0.1) is 0 Å². The molecule has 0 spiro atoms. The van der Waals surface area contributed by atoms with Crippen LogP contribution in [0.25, 0.3) is 73.7 Å². The molecular formula is C34H24S2. The topological polar surface area (TPSA) is 0 Å². The van der Waals surface area contributed by atoms with Gasteiger partial charge < -0.3 is 0 Å². The molecule has 0 aliphatic heterocycles. The fourth-order valence-electron chi connectivity index (χ4n) is 5.89. The van der Waals surface area contributed by atoms with Gasteiger partial charge in [0.1, 0.15) is 0 Å². The van der Waals surface area contributed by atoms with Crippen LogP contribution in [0.1, 0.15) is 26.3 Å². The second-order valence-corrected chi connectivity index (χ2v) is 13.0. The van der Waals surface area contributed by atoms with Gasteiger partial charge in [-0.15, -0.1) is 22.7 Å². The highest BCUT2D eigenvalue weighted by atomic mass is 32.1. The average Bonchev–Trinajstić information content (AvgIpc) is 3.53. The van der Waals surface area contributed by atoms with Crippen LogP contribution in [0.15, 0.2) is 90.3 Å². The lowest BCUT2D eigenvalue weighted by Crippen LogP contribution is -2.10. The minimum Gasteiger partial charge on any atom is -0.143 e. The van der Waals surface area contributed by atoms with E-state index in [-0.39, 0.29) is 5.41 Å². The van der Waals surface area contributed by atoms with E-state index in [9.17, 15) is 0 Å². The highest BCUT2D eigenvalue weighted by Crippen LogP contribution is 2.44. The van der Waals surface area contributed by atoms with Crippen molar-refractivity contribution in [2.24, 2.45) is 0 Å². The molecular weight excluding hydrogens is 473 g/mol. The minimum absolute atomic E-state index is 0.137. The molecule has 0 radical (unpaired) electrons. The predicted octanol–water partition coefficient (Wildman–Crippen LogP) is 11.1. The molecule has 0 saturated heterocycles. The van der Waals surface area contributed by atoms with E-state index in [1.54, 1.807) is 0 Å². The first-order chi connectivity index (χ1) is 17.4. The maximum Gasteiger partial charge on any atom is 0.0428 e. The van der Waals surface area contributed by atoms with Gasteiger partial charge >= 0.3 is 0 Å². The Morgan fingerprint density at radius 3 is 1.72 bits per heavy atom. The van der Waals surface area contributed by atoms with Crippen LogP contribution in [-0.2, 0) is 5.41 Å². The van der Waals surface area contributed by atoms with E-state index in [2.05, 4.69) is 111 Å². The van der Waals surface area contributed by atoms with Crippen LogP contribution in [0.5, 0.6) is 0 Å². The van der Waals surface area contributed by atoms with E-state index in [4.69, 9.17) is 0 Å². The maximum atomic E-state index is 2.39. The lowest BCUT2D eigenvalue weighted by molar-refractivity contribution is 0.591. The second-order valence-electron chi connectivity index (χ2n) is 11.1. The monoisotopic (exact) mass is 496 g/mol. The Kier molecular flexibility index (Phi) is 4.06. The molecule has 2 aromatic heterocycles. The first-order valence-electron chi connectivity index (χ1n) is 12.5. The molecule has 0 N–H and O–H groups in total. The lowest BCUT2D eigenvalue weighted by Gasteiger charge is -2.21. The molecule has 0 nitrogen and oxygen atoms in total. The predicted molar refractivity (Wildman–Crippen MR) is 163 cm³/mol. The largest absolute Gasteiger partial charge is 0.143 e. The molecule has 0 saturated carbocycles. The van der Waals surface area contributed by atoms with E-state index < -0.39 is 0 Å². The summed E-state index contributed by atoms with van der Waals surface area (Å²) in [7, 11) is 0. The van der Waals surface area contributed by atoms with Crippen molar-refractivity contribution in [1.29, 1.82) is 0 Å². The molecule has 0 unspecified atom stereocenters. The second kappa shape index (κ2) is 7.06. The summed E-state index contributed by atoms with van der Waals surface area (Å²) < 4.78 is 2.78. The quantitative estimate of drug-likeness (QED) is 0.198. The molecule has 36 heavy (non-hydrogen) atoms. The van der Waals surface area contributed by atoms with Gasteiger partial charge in [-0.1, -0.05) is 81.4 Å². The normalized spacial score (nSPS) is 12.9. The molecule has 0 aliphatic carbocycles. The van der Waals surface area contributed by atoms with Gasteiger partial charge in [-0.3, -0.25) is 0 Å². The Balaban J connectivity index is 1.36. The van der Waals surface area contributed by atoms with E-state index in [1.165, 1.54) is 79.3 Å². The Morgan fingerprint density at radius 1 is 0.528 bits per heavy atom. The SMILES string of the molecule is CC(C)(C)c1cc2ccc3cc(-c4cc5ccc6c(ccc7ccsc76)c5s4)cc4ccc(c1)c2c34. The number of hydrogen-bond donors (Lipinski definition) is 0. The zero-order valence-electron chi connectivity index (χ0n) is 20.5. The van der Waals surface area contributed by atoms with Crippen LogP contribution in [0.4, 0.5) is 0 Å². The number of benzene rings is 6. The van der Waals surface area contributed by atoms with Crippen LogP contribution in [-0.4, -0.2) is 0 Å². The Labute approximate surface area is 217 Å². The number of rotatable bonds is 1. The van der Waals surface area contributed by atoms with Gasteiger partial charge in [-0.05, 0) is 89.3 Å². The van der Waals surface area contributed by atoms with Gasteiger partial charge in [0.2, 0.25) is 0 Å². The Morgan fingerprint density at radius 2 is 1.08 bits per heavy atom.